The minimum absolute atomic E-state index is 0.171. The van der Waals surface area contributed by atoms with Crippen LogP contribution in [-0.2, 0) is 4.74 Å². The molecule has 0 bridgehead atoms. The zero-order chi connectivity index (χ0) is 14.0. The first-order chi connectivity index (χ1) is 8.88. The maximum absolute atomic E-state index is 12.2. The lowest BCUT2D eigenvalue weighted by atomic mass is 9.80. The number of hydrogen-bond donors (Lipinski definition) is 1. The fourth-order valence-corrected chi connectivity index (χ4v) is 3.37. The number of carbonyl (C=O) groups is 1. The van der Waals surface area contributed by atoms with Crippen LogP contribution in [0, 0.1) is 5.92 Å². The van der Waals surface area contributed by atoms with Crippen LogP contribution < -0.4 is 0 Å². The Morgan fingerprint density at radius 2 is 1.84 bits per heavy atom. The zero-order valence-corrected chi connectivity index (χ0v) is 12.4. The number of hydrogen-bond acceptors (Lipinski definition) is 3. The fraction of sp³-hybridized carbons (Fsp3) is 0.933. The van der Waals surface area contributed by atoms with Gasteiger partial charge in [-0.1, -0.05) is 12.8 Å². The van der Waals surface area contributed by atoms with E-state index in [1.807, 2.05) is 25.7 Å². The molecule has 2 aliphatic rings. The average Bonchev–Trinajstić information content (AvgIpc) is 2.76. The van der Waals surface area contributed by atoms with Crippen LogP contribution in [0.2, 0.25) is 0 Å². The normalized spacial score (nSPS) is 32.4. The summed E-state index contributed by atoms with van der Waals surface area (Å²) in [5.74, 6) is 0.240. The minimum Gasteiger partial charge on any atom is -0.444 e. The van der Waals surface area contributed by atoms with Crippen molar-refractivity contribution in [1.82, 2.24) is 4.90 Å². The predicted octanol–water partition coefficient (Wildman–Crippen LogP) is 2.94. The molecule has 0 radical (unpaired) electrons. The Hall–Kier alpha value is -0.770. The standard InChI is InChI=1S/C15H27NO3/c1-15(2,3)19-14(18)16-10-6-8-12(16)11-7-4-5-9-13(11)17/h11-13,17H,4-10H2,1-3H3. The molecule has 1 saturated carbocycles. The molecule has 0 aromatic carbocycles. The molecule has 0 spiro atoms. The highest BCUT2D eigenvalue weighted by Crippen LogP contribution is 2.35. The molecule has 3 unspecified atom stereocenters. The quantitative estimate of drug-likeness (QED) is 0.796. The molecular weight excluding hydrogens is 242 g/mol. The summed E-state index contributed by atoms with van der Waals surface area (Å²) in [6.07, 6.45) is 5.74. The van der Waals surface area contributed by atoms with Gasteiger partial charge in [-0.3, -0.25) is 0 Å². The van der Waals surface area contributed by atoms with Crippen LogP contribution >= 0.6 is 0 Å². The van der Waals surface area contributed by atoms with Crippen LogP contribution in [-0.4, -0.2) is 40.4 Å². The summed E-state index contributed by atoms with van der Waals surface area (Å²) in [5.41, 5.74) is -0.449. The van der Waals surface area contributed by atoms with Gasteiger partial charge < -0.3 is 14.7 Å². The lowest BCUT2D eigenvalue weighted by Gasteiger charge is -2.37. The van der Waals surface area contributed by atoms with Crippen LogP contribution in [0.5, 0.6) is 0 Å². The van der Waals surface area contributed by atoms with Gasteiger partial charge in [-0.05, 0) is 46.5 Å². The minimum atomic E-state index is -0.449. The molecule has 1 N–H and O–H groups in total. The molecule has 4 nitrogen and oxygen atoms in total. The number of ether oxygens (including phenoxy) is 1. The van der Waals surface area contributed by atoms with Gasteiger partial charge in [0.1, 0.15) is 5.60 Å². The van der Waals surface area contributed by atoms with E-state index >= 15 is 0 Å². The van der Waals surface area contributed by atoms with Crippen molar-refractivity contribution in [2.24, 2.45) is 5.92 Å². The van der Waals surface area contributed by atoms with Crippen LogP contribution in [0.4, 0.5) is 4.79 Å². The van der Waals surface area contributed by atoms with Crippen LogP contribution in [0.1, 0.15) is 59.3 Å². The monoisotopic (exact) mass is 269 g/mol. The maximum Gasteiger partial charge on any atom is 0.410 e. The molecule has 1 aliphatic heterocycles. The van der Waals surface area contributed by atoms with Crippen LogP contribution in [0.3, 0.4) is 0 Å². The van der Waals surface area contributed by atoms with Crippen molar-refractivity contribution in [3.8, 4) is 0 Å². The lowest BCUT2D eigenvalue weighted by Crippen LogP contribution is -2.46. The number of carbonyl (C=O) groups excluding carboxylic acids is 1. The number of aliphatic hydroxyl groups is 1. The Bertz CT molecular complexity index is 324. The summed E-state index contributed by atoms with van der Waals surface area (Å²) >= 11 is 0. The molecule has 0 aromatic rings. The fourth-order valence-electron chi connectivity index (χ4n) is 3.37. The molecular formula is C15H27NO3. The first-order valence-electron chi connectivity index (χ1n) is 7.56. The number of likely N-dealkylation sites (tertiary alicyclic amines) is 1. The van der Waals surface area contributed by atoms with Gasteiger partial charge in [0, 0.05) is 18.5 Å². The Labute approximate surface area is 116 Å². The van der Waals surface area contributed by atoms with E-state index in [0.29, 0.717) is 0 Å². The molecule has 19 heavy (non-hydrogen) atoms. The topological polar surface area (TPSA) is 49.8 Å². The van der Waals surface area contributed by atoms with Gasteiger partial charge in [0.25, 0.3) is 0 Å². The van der Waals surface area contributed by atoms with Gasteiger partial charge in [-0.25, -0.2) is 4.79 Å². The van der Waals surface area contributed by atoms with Crippen molar-refractivity contribution in [2.45, 2.75) is 77.0 Å². The smallest absolute Gasteiger partial charge is 0.410 e. The summed E-state index contributed by atoms with van der Waals surface area (Å²) in [7, 11) is 0. The molecule has 2 fully saturated rings. The Kier molecular flexibility index (Phi) is 4.39. The van der Waals surface area contributed by atoms with E-state index in [-0.39, 0.29) is 24.2 Å². The van der Waals surface area contributed by atoms with Crippen molar-refractivity contribution in [2.75, 3.05) is 6.54 Å². The SMILES string of the molecule is CC(C)(C)OC(=O)N1CCCC1C1CCCCC1O. The number of rotatable bonds is 1. The second-order valence-electron chi connectivity index (χ2n) is 6.90. The lowest BCUT2D eigenvalue weighted by molar-refractivity contribution is -0.00550. The summed E-state index contributed by atoms with van der Waals surface area (Å²) in [5, 5.41) is 10.2. The Morgan fingerprint density at radius 1 is 1.16 bits per heavy atom. The Balaban J connectivity index is 2.01. The van der Waals surface area contributed by atoms with Crippen molar-refractivity contribution < 1.29 is 14.6 Å². The van der Waals surface area contributed by atoms with E-state index in [9.17, 15) is 9.90 Å². The van der Waals surface area contributed by atoms with Gasteiger partial charge >= 0.3 is 6.09 Å². The molecule has 0 aromatic heterocycles. The number of nitrogens with zero attached hydrogens (tertiary/aromatic N) is 1. The van der Waals surface area contributed by atoms with Crippen LogP contribution in [0.15, 0.2) is 0 Å². The van der Waals surface area contributed by atoms with Crippen molar-refractivity contribution in [1.29, 1.82) is 0 Å². The second-order valence-corrected chi connectivity index (χ2v) is 6.90. The molecule has 1 amide bonds. The highest BCUT2D eigenvalue weighted by Gasteiger charge is 2.40. The van der Waals surface area contributed by atoms with E-state index in [1.54, 1.807) is 0 Å². The largest absolute Gasteiger partial charge is 0.444 e. The first-order valence-corrected chi connectivity index (χ1v) is 7.56. The van der Waals surface area contributed by atoms with Gasteiger partial charge in [0.2, 0.25) is 0 Å². The van der Waals surface area contributed by atoms with Gasteiger partial charge in [0.15, 0.2) is 0 Å². The summed E-state index contributed by atoms with van der Waals surface area (Å²) in [4.78, 5) is 14.1. The molecule has 110 valence electrons. The zero-order valence-electron chi connectivity index (χ0n) is 12.4. The molecule has 1 saturated heterocycles. The molecule has 3 atom stereocenters. The molecule has 1 heterocycles. The van der Waals surface area contributed by atoms with Gasteiger partial charge in [-0.2, -0.15) is 0 Å². The second kappa shape index (κ2) is 5.70. The third-order valence-electron chi connectivity index (χ3n) is 4.20. The number of aliphatic hydroxyl groups excluding tert-OH is 1. The summed E-state index contributed by atoms with van der Waals surface area (Å²) in [6, 6.07) is 0.171. The van der Waals surface area contributed by atoms with Gasteiger partial charge in [0.05, 0.1) is 6.10 Å². The van der Waals surface area contributed by atoms with Crippen LogP contribution in [0.25, 0.3) is 0 Å². The average molecular weight is 269 g/mol. The molecule has 4 heteroatoms. The van der Waals surface area contributed by atoms with Crippen molar-refractivity contribution in [3.05, 3.63) is 0 Å². The number of amides is 1. The van der Waals surface area contributed by atoms with E-state index in [2.05, 4.69) is 0 Å². The van der Waals surface area contributed by atoms with Gasteiger partial charge in [-0.15, -0.1) is 0 Å². The predicted molar refractivity (Wildman–Crippen MR) is 73.9 cm³/mol. The first kappa shape index (κ1) is 14.6. The third-order valence-corrected chi connectivity index (χ3v) is 4.20. The van der Waals surface area contributed by atoms with Crippen molar-refractivity contribution in [3.63, 3.8) is 0 Å². The highest BCUT2D eigenvalue weighted by molar-refractivity contribution is 5.69. The van der Waals surface area contributed by atoms with E-state index < -0.39 is 5.60 Å². The highest BCUT2D eigenvalue weighted by atomic mass is 16.6. The van der Waals surface area contributed by atoms with Crippen molar-refractivity contribution >= 4 is 6.09 Å². The molecule has 2 rings (SSSR count). The van der Waals surface area contributed by atoms with E-state index in [4.69, 9.17) is 4.74 Å². The van der Waals surface area contributed by atoms with E-state index in [1.165, 1.54) is 6.42 Å². The Morgan fingerprint density at radius 3 is 2.47 bits per heavy atom. The maximum atomic E-state index is 12.2. The molecule has 1 aliphatic carbocycles. The summed E-state index contributed by atoms with van der Waals surface area (Å²) < 4.78 is 5.48. The third kappa shape index (κ3) is 3.62. The van der Waals surface area contributed by atoms with E-state index in [0.717, 1.165) is 38.6 Å². The summed E-state index contributed by atoms with van der Waals surface area (Å²) in [6.45, 7) is 6.45.